The minimum atomic E-state index is 0.278. The fourth-order valence-electron chi connectivity index (χ4n) is 6.89. The summed E-state index contributed by atoms with van der Waals surface area (Å²) in [4.78, 5) is 4.94. The van der Waals surface area contributed by atoms with Crippen molar-refractivity contribution in [1.82, 2.24) is 0 Å². The van der Waals surface area contributed by atoms with Crippen LogP contribution in [-0.4, -0.2) is 6.21 Å². The van der Waals surface area contributed by atoms with Gasteiger partial charge in [-0.2, -0.15) is 0 Å². The predicted octanol–water partition coefficient (Wildman–Crippen LogP) is 10.1. The van der Waals surface area contributed by atoms with E-state index < -0.39 is 0 Å². The molecule has 3 atom stereocenters. The van der Waals surface area contributed by atoms with E-state index in [0.717, 1.165) is 28.8 Å². The van der Waals surface area contributed by atoms with Gasteiger partial charge in [0, 0.05) is 23.4 Å². The number of para-hydroxylation sites is 1. The lowest BCUT2D eigenvalue weighted by atomic mass is 9.77. The van der Waals surface area contributed by atoms with Crippen LogP contribution in [0.5, 0.6) is 5.75 Å². The Morgan fingerprint density at radius 3 is 2.35 bits per heavy atom. The van der Waals surface area contributed by atoms with Crippen LogP contribution in [0.25, 0.3) is 21.5 Å². The van der Waals surface area contributed by atoms with Crippen molar-refractivity contribution in [2.45, 2.75) is 25.0 Å². The molecule has 0 unspecified atom stereocenters. The standard InChI is InChI=1S/C40H32N2O/c1-3-13-32-27(9-1)11-7-12-30(32)26-43-39-24-21-28-10-2-4-14-33(28)37(39)25-41-31-22-19-29(20-23-31)40-36-17-8-16-34(36)35-15-5-6-18-38(35)42-40/h1-16,18-25,34,36,40,42H,17,26H2/t34-,36+,40+/m1/s1. The summed E-state index contributed by atoms with van der Waals surface area (Å²) in [7, 11) is 0. The summed E-state index contributed by atoms with van der Waals surface area (Å²) in [5.74, 6) is 1.83. The van der Waals surface area contributed by atoms with Gasteiger partial charge in [0.25, 0.3) is 0 Å². The molecular formula is C40H32N2O. The second-order valence-electron chi connectivity index (χ2n) is 11.5. The van der Waals surface area contributed by atoms with Crippen LogP contribution in [0, 0.1) is 5.92 Å². The number of allylic oxidation sites excluding steroid dienone is 2. The average molecular weight is 557 g/mol. The van der Waals surface area contributed by atoms with Gasteiger partial charge in [0.1, 0.15) is 12.4 Å². The molecule has 6 aromatic rings. The molecule has 208 valence electrons. The van der Waals surface area contributed by atoms with E-state index in [9.17, 15) is 0 Å². The summed E-state index contributed by atoms with van der Waals surface area (Å²) < 4.78 is 6.49. The third-order valence-electron chi connectivity index (χ3n) is 9.06. The van der Waals surface area contributed by atoms with E-state index in [-0.39, 0.29) is 6.04 Å². The van der Waals surface area contributed by atoms with Crippen LogP contribution in [0.1, 0.15) is 40.6 Å². The molecule has 0 amide bonds. The lowest BCUT2D eigenvalue weighted by Gasteiger charge is -2.37. The van der Waals surface area contributed by atoms with Crippen molar-refractivity contribution in [2.24, 2.45) is 10.9 Å². The molecule has 3 heteroatoms. The van der Waals surface area contributed by atoms with Gasteiger partial charge in [-0.15, -0.1) is 0 Å². The highest BCUT2D eigenvalue weighted by atomic mass is 16.5. The number of rotatable bonds is 6. The molecule has 0 saturated heterocycles. The molecule has 0 saturated carbocycles. The molecule has 43 heavy (non-hydrogen) atoms. The summed E-state index contributed by atoms with van der Waals surface area (Å²) in [6.45, 7) is 0.490. The van der Waals surface area contributed by atoms with Gasteiger partial charge in [-0.1, -0.05) is 115 Å². The summed E-state index contributed by atoms with van der Waals surface area (Å²) in [6, 6.07) is 45.2. The van der Waals surface area contributed by atoms with E-state index in [0.29, 0.717) is 18.4 Å². The second kappa shape index (κ2) is 10.9. The van der Waals surface area contributed by atoms with Crippen LogP contribution in [0.4, 0.5) is 11.4 Å². The second-order valence-corrected chi connectivity index (χ2v) is 11.5. The van der Waals surface area contributed by atoms with Crippen LogP contribution in [0.15, 0.2) is 145 Å². The van der Waals surface area contributed by atoms with Crippen LogP contribution < -0.4 is 10.1 Å². The normalized spacial score (nSPS) is 18.9. The third-order valence-corrected chi connectivity index (χ3v) is 9.06. The number of anilines is 1. The first-order chi connectivity index (χ1) is 21.3. The van der Waals surface area contributed by atoms with Gasteiger partial charge in [-0.3, -0.25) is 4.99 Å². The Morgan fingerprint density at radius 1 is 0.721 bits per heavy atom. The molecule has 0 fully saturated rings. The van der Waals surface area contributed by atoms with Crippen molar-refractivity contribution in [2.75, 3.05) is 5.32 Å². The molecule has 0 radical (unpaired) electrons. The molecule has 0 bridgehead atoms. The van der Waals surface area contributed by atoms with Gasteiger partial charge in [0.15, 0.2) is 0 Å². The summed E-state index contributed by atoms with van der Waals surface area (Å²) in [5.41, 5.74) is 7.04. The van der Waals surface area contributed by atoms with E-state index in [1.54, 1.807) is 0 Å². The van der Waals surface area contributed by atoms with Crippen molar-refractivity contribution < 1.29 is 4.74 Å². The smallest absolute Gasteiger partial charge is 0.129 e. The maximum Gasteiger partial charge on any atom is 0.129 e. The Balaban J connectivity index is 1.07. The van der Waals surface area contributed by atoms with Gasteiger partial charge >= 0.3 is 0 Å². The van der Waals surface area contributed by atoms with Gasteiger partial charge in [-0.25, -0.2) is 0 Å². The summed E-state index contributed by atoms with van der Waals surface area (Å²) in [5, 5.41) is 8.57. The molecule has 1 aliphatic carbocycles. The number of aliphatic imine (C=N–C) groups is 1. The highest BCUT2D eigenvalue weighted by Crippen LogP contribution is 2.49. The molecule has 1 aliphatic heterocycles. The van der Waals surface area contributed by atoms with Gasteiger partial charge in [0.05, 0.1) is 11.7 Å². The monoisotopic (exact) mass is 556 g/mol. The number of nitrogens with one attached hydrogen (secondary N) is 1. The van der Waals surface area contributed by atoms with Gasteiger partial charge in [-0.05, 0) is 74.8 Å². The van der Waals surface area contributed by atoms with Crippen LogP contribution in [0.3, 0.4) is 0 Å². The molecule has 3 nitrogen and oxygen atoms in total. The van der Waals surface area contributed by atoms with Crippen LogP contribution in [-0.2, 0) is 6.61 Å². The molecule has 6 aromatic carbocycles. The van der Waals surface area contributed by atoms with Gasteiger partial charge < -0.3 is 10.1 Å². The Labute approximate surface area is 252 Å². The van der Waals surface area contributed by atoms with E-state index >= 15 is 0 Å². The molecule has 2 aliphatic rings. The SMILES string of the molecule is C1=C[C@@H]2c3ccccc3N[C@@H](c3ccc(N=Cc4c(OCc5cccc6ccccc56)ccc5ccccc45)cc3)[C@H]2C1. The van der Waals surface area contributed by atoms with Crippen molar-refractivity contribution >= 4 is 39.1 Å². The number of hydrogen-bond donors (Lipinski definition) is 1. The Bertz CT molecular complexity index is 2000. The zero-order valence-electron chi connectivity index (χ0n) is 23.9. The Morgan fingerprint density at radius 2 is 1.47 bits per heavy atom. The van der Waals surface area contributed by atoms with Crippen molar-refractivity contribution in [3.63, 3.8) is 0 Å². The highest BCUT2D eigenvalue weighted by molar-refractivity contribution is 6.03. The lowest BCUT2D eigenvalue weighted by molar-refractivity contribution is 0.307. The first-order valence-corrected chi connectivity index (χ1v) is 15.1. The number of hydrogen-bond acceptors (Lipinski definition) is 3. The minimum absolute atomic E-state index is 0.278. The van der Waals surface area contributed by atoms with E-state index in [2.05, 4.69) is 145 Å². The number of benzene rings is 6. The van der Waals surface area contributed by atoms with Crippen LogP contribution in [0.2, 0.25) is 0 Å². The van der Waals surface area contributed by atoms with Crippen molar-refractivity contribution in [3.05, 3.63) is 162 Å². The van der Waals surface area contributed by atoms with Crippen LogP contribution >= 0.6 is 0 Å². The number of fused-ring (bicyclic) bond motifs is 5. The maximum atomic E-state index is 6.49. The predicted molar refractivity (Wildman–Crippen MR) is 179 cm³/mol. The fraction of sp³-hybridized carbons (Fsp3) is 0.125. The number of nitrogens with zero attached hydrogens (tertiary/aromatic N) is 1. The summed E-state index contributed by atoms with van der Waals surface area (Å²) >= 11 is 0. The molecule has 1 N–H and O–H groups in total. The van der Waals surface area contributed by atoms with Crippen molar-refractivity contribution in [1.29, 1.82) is 0 Å². The molecule has 8 rings (SSSR count). The molecule has 1 heterocycles. The van der Waals surface area contributed by atoms with Gasteiger partial charge in [0.2, 0.25) is 0 Å². The summed E-state index contributed by atoms with van der Waals surface area (Å²) in [6.07, 6.45) is 7.79. The average Bonchev–Trinajstić information content (AvgIpc) is 3.57. The topological polar surface area (TPSA) is 33.6 Å². The lowest BCUT2D eigenvalue weighted by Crippen LogP contribution is -2.28. The van der Waals surface area contributed by atoms with E-state index in [4.69, 9.17) is 9.73 Å². The van der Waals surface area contributed by atoms with Crippen molar-refractivity contribution in [3.8, 4) is 5.75 Å². The first-order valence-electron chi connectivity index (χ1n) is 15.1. The third kappa shape index (κ3) is 4.77. The first kappa shape index (κ1) is 25.6. The zero-order valence-corrected chi connectivity index (χ0v) is 23.9. The number of ether oxygens (including phenoxy) is 1. The van der Waals surface area contributed by atoms with E-state index in [1.807, 2.05) is 6.21 Å². The quantitative estimate of drug-likeness (QED) is 0.164. The van der Waals surface area contributed by atoms with E-state index in [1.165, 1.54) is 38.5 Å². The molecular weight excluding hydrogens is 524 g/mol. The highest BCUT2D eigenvalue weighted by Gasteiger charge is 2.37. The largest absolute Gasteiger partial charge is 0.488 e. The maximum absolute atomic E-state index is 6.49. The zero-order chi connectivity index (χ0) is 28.6. The Kier molecular flexibility index (Phi) is 6.49. The fourth-order valence-corrected chi connectivity index (χ4v) is 6.89. The molecule has 0 aromatic heterocycles. The Hall–Kier alpha value is -5.15. The molecule has 0 spiro atoms. The minimum Gasteiger partial charge on any atom is -0.488 e.